The van der Waals surface area contributed by atoms with Crippen LogP contribution < -0.4 is 14.8 Å². The average Bonchev–Trinajstić information content (AvgIpc) is 2.68. The van der Waals surface area contributed by atoms with E-state index in [0.717, 1.165) is 21.7 Å². The van der Waals surface area contributed by atoms with Crippen LogP contribution in [0, 0.1) is 6.92 Å². The van der Waals surface area contributed by atoms with Crippen LogP contribution in [0.2, 0.25) is 10.0 Å². The van der Waals surface area contributed by atoms with Crippen LogP contribution in [-0.4, -0.2) is 7.11 Å². The van der Waals surface area contributed by atoms with E-state index in [1.54, 1.807) is 7.11 Å². The predicted octanol–water partition coefficient (Wildman–Crippen LogP) is 6.18. The lowest BCUT2D eigenvalue weighted by atomic mass is 10.1. The molecule has 0 unspecified atom stereocenters. The monoisotopic (exact) mass is 415 g/mol. The van der Waals surface area contributed by atoms with Crippen molar-refractivity contribution in [2.24, 2.45) is 0 Å². The van der Waals surface area contributed by atoms with Crippen molar-refractivity contribution in [1.29, 1.82) is 0 Å². The van der Waals surface area contributed by atoms with E-state index in [0.29, 0.717) is 36.2 Å². The summed E-state index contributed by atoms with van der Waals surface area (Å²) in [5, 5.41) is 4.67. The van der Waals surface area contributed by atoms with Crippen LogP contribution in [0.15, 0.2) is 60.7 Å². The van der Waals surface area contributed by atoms with Crippen molar-refractivity contribution in [3.05, 3.63) is 93.0 Å². The summed E-state index contributed by atoms with van der Waals surface area (Å²) >= 11 is 12.7. The summed E-state index contributed by atoms with van der Waals surface area (Å²) in [6, 6.07) is 19.8. The number of halogens is 2. The fraction of sp³-hybridized carbons (Fsp3) is 0.217. The largest absolute Gasteiger partial charge is 0.493 e. The summed E-state index contributed by atoms with van der Waals surface area (Å²) in [7, 11) is 1.62. The third-order valence-electron chi connectivity index (χ3n) is 4.36. The van der Waals surface area contributed by atoms with Crippen molar-refractivity contribution in [2.45, 2.75) is 26.6 Å². The molecule has 0 amide bonds. The minimum Gasteiger partial charge on any atom is -0.493 e. The molecule has 0 fully saturated rings. The van der Waals surface area contributed by atoms with Gasteiger partial charge in [0.05, 0.1) is 12.1 Å². The molecule has 0 bridgehead atoms. The molecule has 0 heterocycles. The lowest BCUT2D eigenvalue weighted by Crippen LogP contribution is -2.13. The van der Waals surface area contributed by atoms with Crippen molar-refractivity contribution < 1.29 is 9.47 Å². The van der Waals surface area contributed by atoms with E-state index in [1.165, 1.54) is 5.56 Å². The highest BCUT2D eigenvalue weighted by atomic mass is 35.5. The van der Waals surface area contributed by atoms with Crippen LogP contribution in [0.4, 0.5) is 0 Å². The molecule has 0 aromatic heterocycles. The maximum Gasteiger partial charge on any atom is 0.180 e. The van der Waals surface area contributed by atoms with Gasteiger partial charge in [0.2, 0.25) is 0 Å². The Morgan fingerprint density at radius 1 is 0.857 bits per heavy atom. The second-order valence-electron chi connectivity index (χ2n) is 6.58. The lowest BCUT2D eigenvalue weighted by Gasteiger charge is -2.15. The van der Waals surface area contributed by atoms with E-state index in [-0.39, 0.29) is 0 Å². The Bertz CT molecular complexity index is 944. The number of nitrogens with one attached hydrogen (secondary N) is 1. The molecule has 3 aromatic carbocycles. The highest BCUT2D eigenvalue weighted by molar-refractivity contribution is 6.32. The van der Waals surface area contributed by atoms with Crippen LogP contribution in [0.3, 0.4) is 0 Å². The zero-order valence-corrected chi connectivity index (χ0v) is 17.5. The summed E-state index contributed by atoms with van der Waals surface area (Å²) < 4.78 is 11.5. The number of rotatable bonds is 8. The van der Waals surface area contributed by atoms with Crippen LogP contribution in [0.1, 0.15) is 22.3 Å². The van der Waals surface area contributed by atoms with E-state index in [1.807, 2.05) is 48.5 Å². The molecule has 3 rings (SSSR count). The summed E-state index contributed by atoms with van der Waals surface area (Å²) in [6.45, 7) is 3.80. The molecule has 3 aromatic rings. The first-order valence-electron chi connectivity index (χ1n) is 9.05. The molecule has 0 aliphatic rings. The van der Waals surface area contributed by atoms with Gasteiger partial charge in [0.1, 0.15) is 6.61 Å². The van der Waals surface area contributed by atoms with Gasteiger partial charge in [-0.2, -0.15) is 0 Å². The summed E-state index contributed by atoms with van der Waals surface area (Å²) in [4.78, 5) is 0. The zero-order chi connectivity index (χ0) is 19.9. The second kappa shape index (κ2) is 9.83. The van der Waals surface area contributed by atoms with Gasteiger partial charge in [-0.05, 0) is 41.8 Å². The Labute approximate surface area is 176 Å². The van der Waals surface area contributed by atoms with Gasteiger partial charge < -0.3 is 14.8 Å². The zero-order valence-electron chi connectivity index (χ0n) is 16.0. The summed E-state index contributed by atoms with van der Waals surface area (Å²) in [5.74, 6) is 1.18. The van der Waals surface area contributed by atoms with Crippen molar-refractivity contribution >= 4 is 23.2 Å². The average molecular weight is 416 g/mol. The molecule has 146 valence electrons. The Morgan fingerprint density at radius 2 is 1.68 bits per heavy atom. The van der Waals surface area contributed by atoms with Crippen LogP contribution in [0.5, 0.6) is 11.5 Å². The normalized spacial score (nSPS) is 10.7. The van der Waals surface area contributed by atoms with Crippen molar-refractivity contribution in [3.63, 3.8) is 0 Å². The molecule has 0 aliphatic carbocycles. The van der Waals surface area contributed by atoms with Gasteiger partial charge in [-0.15, -0.1) is 0 Å². The molecule has 1 N–H and O–H groups in total. The molecule has 0 radical (unpaired) electrons. The van der Waals surface area contributed by atoms with E-state index in [4.69, 9.17) is 32.7 Å². The van der Waals surface area contributed by atoms with Gasteiger partial charge in [-0.3, -0.25) is 0 Å². The predicted molar refractivity (Wildman–Crippen MR) is 116 cm³/mol. The summed E-state index contributed by atoms with van der Waals surface area (Å²) in [5.41, 5.74) is 4.35. The highest BCUT2D eigenvalue weighted by Gasteiger charge is 2.12. The van der Waals surface area contributed by atoms with Gasteiger partial charge >= 0.3 is 0 Å². The third kappa shape index (κ3) is 5.41. The molecule has 28 heavy (non-hydrogen) atoms. The van der Waals surface area contributed by atoms with Crippen LogP contribution >= 0.6 is 23.2 Å². The first-order valence-corrected chi connectivity index (χ1v) is 9.81. The van der Waals surface area contributed by atoms with E-state index >= 15 is 0 Å². The number of ether oxygens (including phenoxy) is 2. The lowest BCUT2D eigenvalue weighted by molar-refractivity contribution is 0.284. The molecular weight excluding hydrogens is 393 g/mol. The maximum atomic E-state index is 6.48. The highest BCUT2D eigenvalue weighted by Crippen LogP contribution is 2.37. The maximum absolute atomic E-state index is 6.48. The molecular formula is C23H23Cl2NO2. The van der Waals surface area contributed by atoms with Gasteiger partial charge in [0.25, 0.3) is 0 Å². The Morgan fingerprint density at radius 3 is 2.43 bits per heavy atom. The Balaban J connectivity index is 1.66. The number of benzene rings is 3. The van der Waals surface area contributed by atoms with Crippen molar-refractivity contribution in [1.82, 2.24) is 5.32 Å². The molecule has 0 atom stereocenters. The number of aryl methyl sites for hydroxylation is 1. The topological polar surface area (TPSA) is 30.5 Å². The molecule has 0 spiro atoms. The van der Waals surface area contributed by atoms with Crippen molar-refractivity contribution in [3.8, 4) is 11.5 Å². The molecule has 0 saturated heterocycles. The molecule has 5 heteroatoms. The number of hydrogen-bond donors (Lipinski definition) is 1. The standard InChI is InChI=1S/C23H23Cl2NO2/c1-16-6-5-7-17(10-16)15-28-23-21(25)11-18(12-22(23)27-2)13-26-14-19-8-3-4-9-20(19)24/h3-12,26H,13-15H2,1-2H3. The first kappa shape index (κ1) is 20.5. The van der Waals surface area contributed by atoms with E-state index < -0.39 is 0 Å². The van der Waals surface area contributed by atoms with Gasteiger partial charge in [0, 0.05) is 18.1 Å². The third-order valence-corrected chi connectivity index (χ3v) is 5.01. The molecule has 0 saturated carbocycles. The smallest absolute Gasteiger partial charge is 0.180 e. The van der Waals surface area contributed by atoms with E-state index in [9.17, 15) is 0 Å². The minimum atomic E-state index is 0.432. The minimum absolute atomic E-state index is 0.432. The van der Waals surface area contributed by atoms with Crippen LogP contribution in [0.25, 0.3) is 0 Å². The molecule has 3 nitrogen and oxygen atoms in total. The van der Waals surface area contributed by atoms with Gasteiger partial charge in [0.15, 0.2) is 11.5 Å². The Kier molecular flexibility index (Phi) is 7.21. The van der Waals surface area contributed by atoms with E-state index in [2.05, 4.69) is 24.4 Å². The van der Waals surface area contributed by atoms with Gasteiger partial charge in [-0.1, -0.05) is 71.2 Å². The fourth-order valence-corrected chi connectivity index (χ4v) is 3.45. The van der Waals surface area contributed by atoms with Crippen LogP contribution in [-0.2, 0) is 19.7 Å². The SMILES string of the molecule is COc1cc(CNCc2ccccc2Cl)cc(Cl)c1OCc1cccc(C)c1. The molecule has 0 aliphatic heterocycles. The quantitative estimate of drug-likeness (QED) is 0.476. The Hall–Kier alpha value is -2.20. The van der Waals surface area contributed by atoms with Gasteiger partial charge in [-0.25, -0.2) is 0 Å². The number of methoxy groups -OCH3 is 1. The first-order chi connectivity index (χ1) is 13.6. The summed E-state index contributed by atoms with van der Waals surface area (Å²) in [6.07, 6.45) is 0. The fourth-order valence-electron chi connectivity index (χ4n) is 2.96. The second-order valence-corrected chi connectivity index (χ2v) is 7.40. The number of hydrogen-bond acceptors (Lipinski definition) is 3. The van der Waals surface area contributed by atoms with Crippen molar-refractivity contribution in [2.75, 3.05) is 7.11 Å².